The van der Waals surface area contributed by atoms with E-state index in [-0.39, 0.29) is 5.97 Å². The van der Waals surface area contributed by atoms with Gasteiger partial charge in [-0.15, -0.1) is 11.3 Å². The Morgan fingerprint density at radius 3 is 2.87 bits per heavy atom. The summed E-state index contributed by atoms with van der Waals surface area (Å²) in [5.41, 5.74) is 0.612. The Balaban J connectivity index is 3.04. The summed E-state index contributed by atoms with van der Waals surface area (Å²) >= 11 is 4.64. The standard InChI is InChI=1S/C9H11BrN2O2S/c1-12(2)5-11-7-6(10)4-15-8(7)9(13)14-3/h4-5H,1-3H3. The largest absolute Gasteiger partial charge is 0.465 e. The number of aliphatic imine (C=N–C) groups is 1. The summed E-state index contributed by atoms with van der Waals surface area (Å²) in [7, 11) is 5.08. The summed E-state index contributed by atoms with van der Waals surface area (Å²) in [6, 6.07) is 0. The van der Waals surface area contributed by atoms with E-state index in [1.807, 2.05) is 19.5 Å². The monoisotopic (exact) mass is 290 g/mol. The van der Waals surface area contributed by atoms with E-state index in [2.05, 4.69) is 25.7 Å². The zero-order valence-electron chi connectivity index (χ0n) is 8.65. The van der Waals surface area contributed by atoms with Crippen molar-refractivity contribution in [1.29, 1.82) is 0 Å². The smallest absolute Gasteiger partial charge is 0.350 e. The van der Waals surface area contributed by atoms with Crippen LogP contribution in [0.2, 0.25) is 0 Å². The summed E-state index contributed by atoms with van der Waals surface area (Å²) < 4.78 is 5.46. The van der Waals surface area contributed by atoms with Crippen molar-refractivity contribution >= 4 is 45.3 Å². The molecular weight excluding hydrogens is 280 g/mol. The van der Waals surface area contributed by atoms with Gasteiger partial charge >= 0.3 is 5.97 Å². The van der Waals surface area contributed by atoms with Crippen LogP contribution >= 0.6 is 27.3 Å². The zero-order chi connectivity index (χ0) is 11.4. The number of halogens is 1. The number of carbonyl (C=O) groups excluding carboxylic acids is 1. The SMILES string of the molecule is COC(=O)c1scc(Br)c1N=CN(C)C. The van der Waals surface area contributed by atoms with Gasteiger partial charge in [0.25, 0.3) is 0 Å². The molecule has 0 saturated heterocycles. The van der Waals surface area contributed by atoms with Gasteiger partial charge in [-0.05, 0) is 15.9 Å². The third-order valence-corrected chi connectivity index (χ3v) is 3.37. The van der Waals surface area contributed by atoms with Gasteiger partial charge in [-0.3, -0.25) is 0 Å². The number of thiophene rings is 1. The Labute approximate surface area is 101 Å². The van der Waals surface area contributed by atoms with Crippen LogP contribution < -0.4 is 0 Å². The fraction of sp³-hybridized carbons (Fsp3) is 0.333. The normalized spacial score (nSPS) is 10.7. The highest BCUT2D eigenvalue weighted by atomic mass is 79.9. The lowest BCUT2D eigenvalue weighted by Gasteiger charge is -2.03. The molecule has 0 aliphatic heterocycles. The van der Waals surface area contributed by atoms with Crippen molar-refractivity contribution in [2.24, 2.45) is 4.99 Å². The molecule has 0 amide bonds. The average Bonchev–Trinajstić information content (AvgIpc) is 2.55. The predicted octanol–water partition coefficient (Wildman–Crippen LogP) is 2.52. The Hall–Kier alpha value is -0.880. The first-order valence-electron chi connectivity index (χ1n) is 4.12. The second-order valence-corrected chi connectivity index (χ2v) is 4.70. The minimum atomic E-state index is -0.364. The molecule has 0 bridgehead atoms. The molecule has 1 rings (SSSR count). The van der Waals surface area contributed by atoms with Crippen LogP contribution in [0.25, 0.3) is 0 Å². The molecule has 0 spiro atoms. The van der Waals surface area contributed by atoms with Crippen LogP contribution in [-0.4, -0.2) is 38.4 Å². The van der Waals surface area contributed by atoms with Gasteiger partial charge in [0.15, 0.2) is 0 Å². The number of methoxy groups -OCH3 is 1. The third kappa shape index (κ3) is 3.04. The molecule has 1 aromatic heterocycles. The fourth-order valence-electron chi connectivity index (χ4n) is 0.862. The van der Waals surface area contributed by atoms with E-state index in [1.54, 1.807) is 11.2 Å². The first-order chi connectivity index (χ1) is 7.06. The van der Waals surface area contributed by atoms with E-state index in [0.717, 1.165) is 4.47 Å². The molecule has 15 heavy (non-hydrogen) atoms. The number of nitrogens with zero attached hydrogens (tertiary/aromatic N) is 2. The lowest BCUT2D eigenvalue weighted by atomic mass is 10.4. The Morgan fingerprint density at radius 1 is 1.67 bits per heavy atom. The van der Waals surface area contributed by atoms with E-state index < -0.39 is 0 Å². The van der Waals surface area contributed by atoms with Crippen LogP contribution in [0.3, 0.4) is 0 Å². The second-order valence-electron chi connectivity index (χ2n) is 2.96. The lowest BCUT2D eigenvalue weighted by molar-refractivity contribution is 0.0607. The highest BCUT2D eigenvalue weighted by Gasteiger charge is 2.16. The first-order valence-corrected chi connectivity index (χ1v) is 5.79. The van der Waals surface area contributed by atoms with E-state index in [1.165, 1.54) is 18.4 Å². The summed E-state index contributed by atoms with van der Waals surface area (Å²) in [6.45, 7) is 0. The molecule has 1 aromatic rings. The molecule has 0 radical (unpaired) electrons. The van der Waals surface area contributed by atoms with Crippen molar-refractivity contribution in [3.8, 4) is 0 Å². The Morgan fingerprint density at radius 2 is 2.33 bits per heavy atom. The van der Waals surface area contributed by atoms with Crippen molar-refractivity contribution in [3.63, 3.8) is 0 Å². The van der Waals surface area contributed by atoms with Gasteiger partial charge in [0, 0.05) is 19.5 Å². The van der Waals surface area contributed by atoms with E-state index in [4.69, 9.17) is 0 Å². The summed E-state index contributed by atoms with van der Waals surface area (Å²) in [5, 5.41) is 1.81. The van der Waals surface area contributed by atoms with Crippen molar-refractivity contribution in [2.75, 3.05) is 21.2 Å². The first kappa shape index (κ1) is 12.2. The molecule has 0 atom stereocenters. The third-order valence-electron chi connectivity index (χ3n) is 1.51. The van der Waals surface area contributed by atoms with E-state index >= 15 is 0 Å². The summed E-state index contributed by atoms with van der Waals surface area (Å²) in [4.78, 5) is 17.9. The van der Waals surface area contributed by atoms with E-state index in [0.29, 0.717) is 10.6 Å². The van der Waals surface area contributed by atoms with Gasteiger partial charge in [-0.2, -0.15) is 0 Å². The summed E-state index contributed by atoms with van der Waals surface area (Å²) in [5.74, 6) is -0.364. The quantitative estimate of drug-likeness (QED) is 0.488. The van der Waals surface area contributed by atoms with Crippen LogP contribution in [0.15, 0.2) is 14.8 Å². The number of ether oxygens (including phenoxy) is 1. The average molecular weight is 291 g/mol. The van der Waals surface area contributed by atoms with Crippen molar-refractivity contribution < 1.29 is 9.53 Å². The fourth-order valence-corrected chi connectivity index (χ4v) is 2.36. The number of hydrogen-bond acceptors (Lipinski definition) is 4. The van der Waals surface area contributed by atoms with Crippen molar-refractivity contribution in [2.45, 2.75) is 0 Å². The lowest BCUT2D eigenvalue weighted by Crippen LogP contribution is -2.07. The maximum Gasteiger partial charge on any atom is 0.350 e. The minimum absolute atomic E-state index is 0.364. The molecule has 0 N–H and O–H groups in total. The van der Waals surface area contributed by atoms with Crippen LogP contribution in [0.1, 0.15) is 9.67 Å². The van der Waals surface area contributed by atoms with Crippen LogP contribution in [-0.2, 0) is 4.74 Å². The Bertz CT molecular complexity index is 387. The number of carbonyl (C=O) groups is 1. The number of rotatable bonds is 3. The number of esters is 1. The van der Waals surface area contributed by atoms with Gasteiger partial charge < -0.3 is 9.64 Å². The molecule has 4 nitrogen and oxygen atoms in total. The Kier molecular flexibility index (Phi) is 4.28. The van der Waals surface area contributed by atoms with Crippen LogP contribution in [0.5, 0.6) is 0 Å². The summed E-state index contributed by atoms with van der Waals surface area (Å²) in [6.07, 6.45) is 1.64. The minimum Gasteiger partial charge on any atom is -0.465 e. The molecule has 82 valence electrons. The maximum absolute atomic E-state index is 11.4. The molecular formula is C9H11BrN2O2S. The maximum atomic E-state index is 11.4. The number of hydrogen-bond donors (Lipinski definition) is 0. The van der Waals surface area contributed by atoms with Crippen molar-refractivity contribution in [3.05, 3.63) is 14.7 Å². The predicted molar refractivity (Wildman–Crippen MR) is 65.2 cm³/mol. The second kappa shape index (κ2) is 5.27. The van der Waals surface area contributed by atoms with Crippen LogP contribution in [0.4, 0.5) is 5.69 Å². The highest BCUT2D eigenvalue weighted by molar-refractivity contribution is 9.10. The topological polar surface area (TPSA) is 41.9 Å². The van der Waals surface area contributed by atoms with Gasteiger partial charge in [-0.1, -0.05) is 0 Å². The molecule has 0 saturated carbocycles. The zero-order valence-corrected chi connectivity index (χ0v) is 11.1. The van der Waals surface area contributed by atoms with Gasteiger partial charge in [-0.25, -0.2) is 9.79 Å². The molecule has 0 aliphatic rings. The molecule has 0 fully saturated rings. The van der Waals surface area contributed by atoms with E-state index in [9.17, 15) is 4.79 Å². The molecule has 1 heterocycles. The van der Waals surface area contributed by atoms with Crippen molar-refractivity contribution in [1.82, 2.24) is 4.90 Å². The molecule has 0 unspecified atom stereocenters. The van der Waals surface area contributed by atoms with Crippen LogP contribution in [0, 0.1) is 0 Å². The molecule has 0 aromatic carbocycles. The van der Waals surface area contributed by atoms with Gasteiger partial charge in [0.2, 0.25) is 0 Å². The molecule has 6 heteroatoms. The van der Waals surface area contributed by atoms with Gasteiger partial charge in [0.1, 0.15) is 10.6 Å². The molecule has 0 aliphatic carbocycles. The van der Waals surface area contributed by atoms with Gasteiger partial charge in [0.05, 0.1) is 17.9 Å². The highest BCUT2D eigenvalue weighted by Crippen LogP contribution is 2.35.